The van der Waals surface area contributed by atoms with E-state index in [9.17, 15) is 18.4 Å². The predicted octanol–water partition coefficient (Wildman–Crippen LogP) is 3.72. The largest absolute Gasteiger partial charge is 0.456 e. The lowest BCUT2D eigenvalue weighted by molar-refractivity contribution is -0.216. The molecule has 0 unspecified atom stereocenters. The summed E-state index contributed by atoms with van der Waals surface area (Å²) in [5.41, 5.74) is -0.474. The van der Waals surface area contributed by atoms with E-state index in [1.807, 2.05) is 0 Å². The highest BCUT2D eigenvalue weighted by Crippen LogP contribution is 2.61. The first-order valence-corrected chi connectivity index (χ1v) is 9.11. The normalized spacial score (nSPS) is 36.8. The summed E-state index contributed by atoms with van der Waals surface area (Å²) in [5.74, 6) is -0.118. The Balaban J connectivity index is 1.68. The molecule has 4 saturated carbocycles. The molecular formula is C18H26F2O4. The van der Waals surface area contributed by atoms with Crippen molar-refractivity contribution in [3.63, 3.8) is 0 Å². The summed E-state index contributed by atoms with van der Waals surface area (Å²) in [5, 5.41) is 0. The van der Waals surface area contributed by atoms with Gasteiger partial charge < -0.3 is 9.47 Å². The summed E-state index contributed by atoms with van der Waals surface area (Å²) in [6, 6.07) is 0. The number of unbranched alkanes of at least 4 members (excludes halogenated alkanes) is 1. The Morgan fingerprint density at radius 1 is 1.08 bits per heavy atom. The maximum atomic E-state index is 12.2. The second-order valence-corrected chi connectivity index (χ2v) is 7.75. The van der Waals surface area contributed by atoms with Crippen LogP contribution in [0.4, 0.5) is 8.78 Å². The zero-order chi connectivity index (χ0) is 17.3. The zero-order valence-corrected chi connectivity index (χ0v) is 14.1. The van der Waals surface area contributed by atoms with Gasteiger partial charge in [-0.15, -0.1) is 0 Å². The predicted molar refractivity (Wildman–Crippen MR) is 82.4 cm³/mol. The van der Waals surface area contributed by atoms with Crippen molar-refractivity contribution in [1.82, 2.24) is 0 Å². The number of carbonyl (C=O) groups is 2. The van der Waals surface area contributed by atoms with E-state index in [-0.39, 0.29) is 0 Å². The number of halogens is 2. The Labute approximate surface area is 141 Å². The molecule has 0 heterocycles. The fourth-order valence-corrected chi connectivity index (χ4v) is 5.50. The standard InChI is InChI=1S/C18H26F2O4/c1-2-3-4-18(24-15(21)10-23-17(22)16(19)20)13-6-11-5-12(8-13)9-14(18)7-11/h11-14,16H,2-10H2,1H3. The molecule has 4 nitrogen and oxygen atoms in total. The fraction of sp³-hybridized carbons (Fsp3) is 0.889. The van der Waals surface area contributed by atoms with Crippen LogP contribution in [-0.4, -0.2) is 30.6 Å². The molecule has 0 spiro atoms. The zero-order valence-electron chi connectivity index (χ0n) is 14.1. The molecule has 4 bridgehead atoms. The summed E-state index contributed by atoms with van der Waals surface area (Å²) in [4.78, 5) is 23.0. The van der Waals surface area contributed by atoms with Crippen LogP contribution in [0.15, 0.2) is 0 Å². The van der Waals surface area contributed by atoms with Crippen LogP contribution in [0.5, 0.6) is 0 Å². The number of hydrogen-bond acceptors (Lipinski definition) is 4. The van der Waals surface area contributed by atoms with Gasteiger partial charge in [-0.05, 0) is 68.6 Å². The average molecular weight is 344 g/mol. The molecule has 0 atom stereocenters. The lowest BCUT2D eigenvalue weighted by Gasteiger charge is -2.60. The Bertz CT molecular complexity index is 463. The lowest BCUT2D eigenvalue weighted by atomic mass is 9.49. The number of hydrogen-bond donors (Lipinski definition) is 0. The third kappa shape index (κ3) is 3.29. The summed E-state index contributed by atoms with van der Waals surface area (Å²) < 4.78 is 34.6. The van der Waals surface area contributed by atoms with Gasteiger partial charge in [-0.25, -0.2) is 9.59 Å². The van der Waals surface area contributed by atoms with Crippen LogP contribution in [0.3, 0.4) is 0 Å². The summed E-state index contributed by atoms with van der Waals surface area (Å²) >= 11 is 0. The molecular weight excluding hydrogens is 318 g/mol. The van der Waals surface area contributed by atoms with Gasteiger partial charge in [0.1, 0.15) is 5.60 Å². The second-order valence-electron chi connectivity index (χ2n) is 7.75. The number of esters is 2. The van der Waals surface area contributed by atoms with Gasteiger partial charge in [0, 0.05) is 0 Å². The van der Waals surface area contributed by atoms with Crippen LogP contribution in [0.2, 0.25) is 0 Å². The molecule has 24 heavy (non-hydrogen) atoms. The fourth-order valence-electron chi connectivity index (χ4n) is 5.50. The van der Waals surface area contributed by atoms with E-state index in [2.05, 4.69) is 11.7 Å². The molecule has 0 N–H and O–H groups in total. The number of ether oxygens (including phenoxy) is 2. The van der Waals surface area contributed by atoms with Crippen molar-refractivity contribution in [3.8, 4) is 0 Å². The topological polar surface area (TPSA) is 52.6 Å². The molecule has 0 aromatic carbocycles. The van der Waals surface area contributed by atoms with Gasteiger partial charge in [0.05, 0.1) is 0 Å². The molecule has 4 fully saturated rings. The van der Waals surface area contributed by atoms with Crippen LogP contribution in [0.1, 0.15) is 58.3 Å². The summed E-state index contributed by atoms with van der Waals surface area (Å²) in [6.45, 7) is 1.39. The van der Waals surface area contributed by atoms with E-state index in [0.717, 1.165) is 56.8 Å². The van der Waals surface area contributed by atoms with Gasteiger partial charge in [-0.1, -0.05) is 13.3 Å². The Morgan fingerprint density at radius 2 is 1.67 bits per heavy atom. The van der Waals surface area contributed by atoms with Crippen LogP contribution >= 0.6 is 0 Å². The van der Waals surface area contributed by atoms with Crippen molar-refractivity contribution in [2.75, 3.05) is 6.61 Å². The van der Waals surface area contributed by atoms with Crippen LogP contribution < -0.4 is 0 Å². The molecule has 0 aromatic rings. The quantitative estimate of drug-likeness (QED) is 0.661. The van der Waals surface area contributed by atoms with Crippen LogP contribution in [-0.2, 0) is 19.1 Å². The maximum Gasteiger partial charge on any atom is 0.374 e. The minimum Gasteiger partial charge on any atom is -0.456 e. The number of alkyl halides is 2. The van der Waals surface area contributed by atoms with E-state index >= 15 is 0 Å². The number of rotatable bonds is 7. The van der Waals surface area contributed by atoms with Gasteiger partial charge >= 0.3 is 18.4 Å². The highest BCUT2D eigenvalue weighted by Gasteiger charge is 2.59. The SMILES string of the molecule is CCCCC1(OC(=O)COC(=O)C(F)F)C2CC3CC(C2)CC1C3. The van der Waals surface area contributed by atoms with Crippen molar-refractivity contribution in [1.29, 1.82) is 0 Å². The van der Waals surface area contributed by atoms with Crippen molar-refractivity contribution in [3.05, 3.63) is 0 Å². The van der Waals surface area contributed by atoms with Gasteiger partial charge in [-0.3, -0.25) is 0 Å². The van der Waals surface area contributed by atoms with Crippen LogP contribution in [0.25, 0.3) is 0 Å². The minimum atomic E-state index is -3.21. The Morgan fingerprint density at radius 3 is 2.17 bits per heavy atom. The monoisotopic (exact) mass is 344 g/mol. The van der Waals surface area contributed by atoms with Crippen molar-refractivity contribution in [2.24, 2.45) is 23.7 Å². The molecule has 4 aliphatic carbocycles. The van der Waals surface area contributed by atoms with Crippen molar-refractivity contribution in [2.45, 2.75) is 70.3 Å². The van der Waals surface area contributed by atoms with Gasteiger partial charge in [-0.2, -0.15) is 8.78 Å². The lowest BCUT2D eigenvalue weighted by Crippen LogP contribution is -2.59. The molecule has 0 aromatic heterocycles. The molecule has 0 radical (unpaired) electrons. The molecule has 6 heteroatoms. The first-order valence-electron chi connectivity index (χ1n) is 9.11. The molecule has 4 rings (SSSR count). The van der Waals surface area contributed by atoms with Crippen molar-refractivity contribution >= 4 is 11.9 Å². The molecule has 4 aliphatic rings. The van der Waals surface area contributed by atoms with Crippen molar-refractivity contribution < 1.29 is 27.8 Å². The third-order valence-electron chi connectivity index (χ3n) is 6.26. The highest BCUT2D eigenvalue weighted by molar-refractivity contribution is 5.78. The summed E-state index contributed by atoms with van der Waals surface area (Å²) in [6.07, 6.45) is 5.30. The average Bonchev–Trinajstić information content (AvgIpc) is 2.54. The molecule has 0 amide bonds. The van der Waals surface area contributed by atoms with Gasteiger partial charge in [0.2, 0.25) is 0 Å². The van der Waals surface area contributed by atoms with E-state index in [0.29, 0.717) is 11.8 Å². The van der Waals surface area contributed by atoms with E-state index in [4.69, 9.17) is 4.74 Å². The molecule has 0 saturated heterocycles. The molecule has 136 valence electrons. The number of carbonyl (C=O) groups excluding carboxylic acids is 2. The van der Waals surface area contributed by atoms with E-state index < -0.39 is 30.6 Å². The minimum absolute atomic E-state index is 0.370. The van der Waals surface area contributed by atoms with E-state index in [1.165, 1.54) is 6.42 Å². The highest BCUT2D eigenvalue weighted by atomic mass is 19.3. The Hall–Kier alpha value is -1.20. The van der Waals surface area contributed by atoms with E-state index in [1.54, 1.807) is 0 Å². The second kappa shape index (κ2) is 6.96. The van der Waals surface area contributed by atoms with Gasteiger partial charge in [0.15, 0.2) is 6.61 Å². The smallest absolute Gasteiger partial charge is 0.374 e. The van der Waals surface area contributed by atoms with Gasteiger partial charge in [0.25, 0.3) is 0 Å². The summed E-state index contributed by atoms with van der Waals surface area (Å²) in [7, 11) is 0. The first-order chi connectivity index (χ1) is 11.4. The first kappa shape index (κ1) is 17.6. The molecule has 0 aliphatic heterocycles. The third-order valence-corrected chi connectivity index (χ3v) is 6.26. The van der Waals surface area contributed by atoms with Crippen LogP contribution in [0, 0.1) is 23.7 Å². The Kier molecular flexibility index (Phi) is 5.11. The maximum absolute atomic E-state index is 12.2.